The Hall–Kier alpha value is -0.860. The number of thioether (sulfide) groups is 2. The van der Waals surface area contributed by atoms with Crippen molar-refractivity contribution in [2.24, 2.45) is 0 Å². The maximum Gasteiger partial charge on any atom is 0.0151 e. The number of hydrogen-bond acceptors (Lipinski definition) is 2. The van der Waals surface area contributed by atoms with E-state index in [1.807, 2.05) is 23.5 Å². The molecule has 0 saturated carbocycles. The Labute approximate surface area is 144 Å². The largest absolute Gasteiger partial charge is 0.126 e. The van der Waals surface area contributed by atoms with Gasteiger partial charge in [0.05, 0.1) is 0 Å². The molecular formula is C20H26S2. The molecule has 0 aliphatic carbocycles. The minimum absolute atomic E-state index is 1.21. The lowest BCUT2D eigenvalue weighted by molar-refractivity contribution is 0.896. The Bertz CT molecular complexity index is 512. The normalized spacial score (nSPS) is 10.8. The summed E-state index contributed by atoms with van der Waals surface area (Å²) in [6, 6.07) is 17.7. The van der Waals surface area contributed by atoms with Gasteiger partial charge in [-0.05, 0) is 47.6 Å². The van der Waals surface area contributed by atoms with Crippen LogP contribution in [0.2, 0.25) is 0 Å². The summed E-state index contributed by atoms with van der Waals surface area (Å²) < 4.78 is 0. The van der Waals surface area contributed by atoms with Crippen LogP contribution in [0.25, 0.3) is 11.1 Å². The molecule has 0 N–H and O–H groups in total. The first-order valence-corrected chi connectivity index (χ1v) is 10.3. The Balaban J connectivity index is 2.23. The second-order valence-electron chi connectivity index (χ2n) is 5.40. The highest BCUT2D eigenvalue weighted by atomic mass is 32.2. The van der Waals surface area contributed by atoms with E-state index in [0.717, 1.165) is 0 Å². The average Bonchev–Trinajstić information content (AvgIpc) is 2.56. The van der Waals surface area contributed by atoms with Gasteiger partial charge in [-0.1, -0.05) is 63.1 Å². The van der Waals surface area contributed by atoms with Gasteiger partial charge in [-0.15, -0.1) is 23.5 Å². The summed E-state index contributed by atoms with van der Waals surface area (Å²) in [5, 5.41) is 0. The van der Waals surface area contributed by atoms with E-state index in [0.29, 0.717) is 0 Å². The van der Waals surface area contributed by atoms with Gasteiger partial charge in [-0.25, -0.2) is 0 Å². The van der Waals surface area contributed by atoms with E-state index in [9.17, 15) is 0 Å². The van der Waals surface area contributed by atoms with E-state index in [-0.39, 0.29) is 0 Å². The third-order valence-electron chi connectivity index (χ3n) is 3.58. The van der Waals surface area contributed by atoms with Crippen molar-refractivity contribution in [3.8, 4) is 11.1 Å². The quantitative estimate of drug-likeness (QED) is 0.354. The monoisotopic (exact) mass is 330 g/mol. The van der Waals surface area contributed by atoms with Crippen LogP contribution in [-0.2, 0) is 0 Å². The standard InChI is InChI=1S/C20H26S2/c1-3-5-15-21-19-13-9-7-11-17(19)18-12-8-10-14-20(18)22-16-6-4-2/h7-14H,3-6,15-16H2,1-2H3. The molecular weight excluding hydrogens is 304 g/mol. The van der Waals surface area contributed by atoms with Gasteiger partial charge in [-0.3, -0.25) is 0 Å². The molecule has 22 heavy (non-hydrogen) atoms. The van der Waals surface area contributed by atoms with Crippen LogP contribution in [0.15, 0.2) is 58.3 Å². The van der Waals surface area contributed by atoms with Crippen LogP contribution in [0.1, 0.15) is 39.5 Å². The zero-order valence-corrected chi connectivity index (χ0v) is 15.3. The van der Waals surface area contributed by atoms with Gasteiger partial charge in [-0.2, -0.15) is 0 Å². The van der Waals surface area contributed by atoms with Crippen LogP contribution in [0.3, 0.4) is 0 Å². The van der Waals surface area contributed by atoms with E-state index < -0.39 is 0 Å². The second-order valence-corrected chi connectivity index (χ2v) is 7.67. The molecule has 0 heterocycles. The van der Waals surface area contributed by atoms with Crippen molar-refractivity contribution in [3.05, 3.63) is 48.5 Å². The fraction of sp³-hybridized carbons (Fsp3) is 0.400. The third-order valence-corrected chi connectivity index (χ3v) is 5.89. The SMILES string of the molecule is CCCCSc1ccccc1-c1ccccc1SCCCC. The molecule has 0 atom stereocenters. The topological polar surface area (TPSA) is 0 Å². The summed E-state index contributed by atoms with van der Waals surface area (Å²) in [6.07, 6.45) is 5.09. The highest BCUT2D eigenvalue weighted by Gasteiger charge is 2.09. The first kappa shape index (κ1) is 17.5. The van der Waals surface area contributed by atoms with Crippen molar-refractivity contribution >= 4 is 23.5 Å². The second kappa shape index (κ2) is 10.0. The number of benzene rings is 2. The average molecular weight is 331 g/mol. The van der Waals surface area contributed by atoms with E-state index >= 15 is 0 Å². The zero-order chi connectivity index (χ0) is 15.6. The minimum Gasteiger partial charge on any atom is -0.126 e. The Kier molecular flexibility index (Phi) is 7.96. The predicted molar refractivity (Wildman–Crippen MR) is 103 cm³/mol. The van der Waals surface area contributed by atoms with Gasteiger partial charge in [0, 0.05) is 9.79 Å². The van der Waals surface area contributed by atoms with E-state index in [1.165, 1.54) is 58.1 Å². The number of rotatable bonds is 9. The maximum absolute atomic E-state index is 2.27. The minimum atomic E-state index is 1.21. The van der Waals surface area contributed by atoms with Crippen molar-refractivity contribution in [2.45, 2.75) is 49.3 Å². The maximum atomic E-state index is 2.27. The predicted octanol–water partition coefficient (Wildman–Crippen LogP) is 7.14. The first-order valence-electron chi connectivity index (χ1n) is 8.30. The van der Waals surface area contributed by atoms with Crippen molar-refractivity contribution in [1.82, 2.24) is 0 Å². The van der Waals surface area contributed by atoms with E-state index in [4.69, 9.17) is 0 Å². The van der Waals surface area contributed by atoms with Crippen molar-refractivity contribution in [1.29, 1.82) is 0 Å². The molecule has 0 bridgehead atoms. The molecule has 2 aromatic carbocycles. The smallest absolute Gasteiger partial charge is 0.0151 e. The summed E-state index contributed by atoms with van der Waals surface area (Å²) in [5.74, 6) is 2.41. The molecule has 0 aliphatic rings. The summed E-state index contributed by atoms with van der Waals surface area (Å²) in [4.78, 5) is 2.83. The Morgan fingerprint density at radius 2 is 1.05 bits per heavy atom. The van der Waals surface area contributed by atoms with Crippen LogP contribution in [0.4, 0.5) is 0 Å². The molecule has 0 amide bonds. The summed E-state index contributed by atoms with van der Waals surface area (Å²) in [7, 11) is 0. The fourth-order valence-electron chi connectivity index (χ4n) is 2.28. The van der Waals surface area contributed by atoms with E-state index in [1.54, 1.807) is 0 Å². The molecule has 0 radical (unpaired) electrons. The molecule has 0 spiro atoms. The lowest BCUT2D eigenvalue weighted by atomic mass is 10.1. The molecule has 118 valence electrons. The van der Waals surface area contributed by atoms with Gasteiger partial charge in [0.1, 0.15) is 0 Å². The van der Waals surface area contributed by atoms with Crippen molar-refractivity contribution in [3.63, 3.8) is 0 Å². The van der Waals surface area contributed by atoms with Crippen LogP contribution in [-0.4, -0.2) is 11.5 Å². The molecule has 2 rings (SSSR count). The first-order chi connectivity index (χ1) is 10.9. The zero-order valence-electron chi connectivity index (χ0n) is 13.7. The van der Waals surface area contributed by atoms with Gasteiger partial charge >= 0.3 is 0 Å². The summed E-state index contributed by atoms with van der Waals surface area (Å²) in [6.45, 7) is 4.51. The molecule has 2 aromatic rings. The van der Waals surface area contributed by atoms with Gasteiger partial charge in [0.15, 0.2) is 0 Å². The molecule has 0 aromatic heterocycles. The van der Waals surface area contributed by atoms with Gasteiger partial charge < -0.3 is 0 Å². The van der Waals surface area contributed by atoms with Crippen LogP contribution >= 0.6 is 23.5 Å². The lowest BCUT2D eigenvalue weighted by Crippen LogP contribution is -1.88. The lowest BCUT2D eigenvalue weighted by Gasteiger charge is -2.13. The fourth-order valence-corrected chi connectivity index (χ4v) is 4.61. The third kappa shape index (κ3) is 5.10. The van der Waals surface area contributed by atoms with Gasteiger partial charge in [0.2, 0.25) is 0 Å². The van der Waals surface area contributed by atoms with Crippen molar-refractivity contribution < 1.29 is 0 Å². The summed E-state index contributed by atoms with van der Waals surface area (Å²) in [5.41, 5.74) is 2.78. The molecule has 0 aliphatic heterocycles. The number of unbranched alkanes of at least 4 members (excludes halogenated alkanes) is 2. The highest BCUT2D eigenvalue weighted by molar-refractivity contribution is 7.99. The Morgan fingerprint density at radius 1 is 0.636 bits per heavy atom. The van der Waals surface area contributed by atoms with Crippen LogP contribution < -0.4 is 0 Å². The van der Waals surface area contributed by atoms with E-state index in [2.05, 4.69) is 62.4 Å². The molecule has 0 nitrogen and oxygen atoms in total. The van der Waals surface area contributed by atoms with Crippen LogP contribution in [0.5, 0.6) is 0 Å². The highest BCUT2D eigenvalue weighted by Crippen LogP contribution is 2.37. The van der Waals surface area contributed by atoms with Crippen molar-refractivity contribution in [2.75, 3.05) is 11.5 Å². The van der Waals surface area contributed by atoms with Gasteiger partial charge in [0.25, 0.3) is 0 Å². The molecule has 2 heteroatoms. The molecule has 0 saturated heterocycles. The summed E-state index contributed by atoms with van der Waals surface area (Å²) >= 11 is 3.99. The Morgan fingerprint density at radius 3 is 1.45 bits per heavy atom. The molecule has 0 unspecified atom stereocenters. The number of hydrogen-bond donors (Lipinski definition) is 0. The van der Waals surface area contributed by atoms with Crippen LogP contribution in [0, 0.1) is 0 Å². The molecule has 0 fully saturated rings.